The maximum atomic E-state index is 12.5. The standard InChI is InChI=1S/C18H31NO2/c1-17(2,3)9-11-8-12(10-18(4,5)6)14-13(11)15(20)19(7)16(14)21/h11-14H,8-10H2,1-7H3. The summed E-state index contributed by atoms with van der Waals surface area (Å²) in [7, 11) is 1.66. The molecule has 2 amide bonds. The van der Waals surface area contributed by atoms with Gasteiger partial charge in [-0.1, -0.05) is 41.5 Å². The Bertz CT molecular complexity index is 401. The van der Waals surface area contributed by atoms with E-state index in [0.717, 1.165) is 19.3 Å². The summed E-state index contributed by atoms with van der Waals surface area (Å²) in [6.07, 6.45) is 3.10. The second kappa shape index (κ2) is 5.10. The van der Waals surface area contributed by atoms with Crippen molar-refractivity contribution in [2.45, 2.75) is 60.8 Å². The topological polar surface area (TPSA) is 37.4 Å². The van der Waals surface area contributed by atoms with Crippen LogP contribution in [-0.4, -0.2) is 23.8 Å². The van der Waals surface area contributed by atoms with Gasteiger partial charge in [-0.05, 0) is 41.9 Å². The number of carbonyl (C=O) groups is 2. The fourth-order valence-corrected chi connectivity index (χ4v) is 4.53. The van der Waals surface area contributed by atoms with Crippen molar-refractivity contribution in [3.8, 4) is 0 Å². The zero-order valence-corrected chi connectivity index (χ0v) is 14.7. The lowest BCUT2D eigenvalue weighted by Gasteiger charge is -2.27. The number of hydrogen-bond donors (Lipinski definition) is 0. The van der Waals surface area contributed by atoms with Crippen molar-refractivity contribution in [1.82, 2.24) is 4.90 Å². The zero-order chi connectivity index (χ0) is 16.2. The minimum absolute atomic E-state index is 0.0610. The van der Waals surface area contributed by atoms with Gasteiger partial charge in [-0.25, -0.2) is 0 Å². The van der Waals surface area contributed by atoms with Crippen LogP contribution in [0.4, 0.5) is 0 Å². The Kier molecular flexibility index (Phi) is 4.01. The molecular formula is C18H31NO2. The van der Waals surface area contributed by atoms with Gasteiger partial charge >= 0.3 is 0 Å². The molecule has 4 atom stereocenters. The number of likely N-dealkylation sites (tertiary alicyclic amines) is 1. The van der Waals surface area contributed by atoms with Crippen LogP contribution >= 0.6 is 0 Å². The quantitative estimate of drug-likeness (QED) is 0.728. The number of rotatable bonds is 2. The molecule has 1 aliphatic heterocycles. The van der Waals surface area contributed by atoms with E-state index in [0.29, 0.717) is 11.8 Å². The molecule has 1 saturated carbocycles. The number of carbonyl (C=O) groups excluding carboxylic acids is 2. The molecule has 120 valence electrons. The second-order valence-electron chi connectivity index (χ2n) is 9.57. The van der Waals surface area contributed by atoms with E-state index >= 15 is 0 Å². The van der Waals surface area contributed by atoms with Crippen molar-refractivity contribution in [3.05, 3.63) is 0 Å². The molecule has 0 bridgehead atoms. The van der Waals surface area contributed by atoms with E-state index < -0.39 is 0 Å². The predicted molar refractivity (Wildman–Crippen MR) is 84.5 cm³/mol. The van der Waals surface area contributed by atoms with Gasteiger partial charge in [0, 0.05) is 7.05 Å². The van der Waals surface area contributed by atoms with Crippen molar-refractivity contribution in [2.24, 2.45) is 34.5 Å². The lowest BCUT2D eigenvalue weighted by Crippen LogP contribution is -2.31. The van der Waals surface area contributed by atoms with Gasteiger partial charge in [0.25, 0.3) is 0 Å². The molecule has 0 radical (unpaired) electrons. The second-order valence-corrected chi connectivity index (χ2v) is 9.57. The van der Waals surface area contributed by atoms with Crippen LogP contribution in [0.2, 0.25) is 0 Å². The average molecular weight is 293 g/mol. The fraction of sp³-hybridized carbons (Fsp3) is 0.889. The maximum absolute atomic E-state index is 12.5. The van der Waals surface area contributed by atoms with E-state index in [-0.39, 0.29) is 34.5 Å². The number of hydrogen-bond acceptors (Lipinski definition) is 2. The van der Waals surface area contributed by atoms with E-state index in [1.807, 2.05) is 0 Å². The Balaban J connectivity index is 2.27. The Morgan fingerprint density at radius 3 is 1.48 bits per heavy atom. The Labute approximate surface area is 129 Å². The maximum Gasteiger partial charge on any atom is 0.233 e. The molecule has 21 heavy (non-hydrogen) atoms. The molecule has 4 unspecified atom stereocenters. The van der Waals surface area contributed by atoms with Crippen LogP contribution in [0.1, 0.15) is 60.8 Å². The first kappa shape index (κ1) is 16.5. The first-order chi connectivity index (χ1) is 9.41. The Morgan fingerprint density at radius 2 is 1.19 bits per heavy atom. The molecule has 0 aromatic rings. The predicted octanol–water partition coefficient (Wildman–Crippen LogP) is 3.73. The summed E-state index contributed by atoms with van der Waals surface area (Å²) in [6.45, 7) is 13.4. The number of nitrogens with zero attached hydrogens (tertiary/aromatic N) is 1. The van der Waals surface area contributed by atoms with Gasteiger partial charge < -0.3 is 0 Å². The van der Waals surface area contributed by atoms with Gasteiger partial charge in [0.1, 0.15) is 0 Å². The van der Waals surface area contributed by atoms with Crippen molar-refractivity contribution in [1.29, 1.82) is 0 Å². The molecule has 2 aliphatic rings. The molecule has 2 fully saturated rings. The summed E-state index contributed by atoms with van der Waals surface area (Å²) in [6, 6.07) is 0. The average Bonchev–Trinajstić information content (AvgIpc) is 2.69. The van der Waals surface area contributed by atoms with Gasteiger partial charge in [-0.2, -0.15) is 0 Å². The van der Waals surface area contributed by atoms with Crippen LogP contribution in [0, 0.1) is 34.5 Å². The lowest BCUT2D eigenvalue weighted by atomic mass is 9.78. The van der Waals surface area contributed by atoms with Crippen molar-refractivity contribution in [3.63, 3.8) is 0 Å². The monoisotopic (exact) mass is 293 g/mol. The third-order valence-electron chi connectivity index (χ3n) is 4.99. The molecule has 2 rings (SSSR count). The molecule has 1 heterocycles. The molecule has 0 aromatic carbocycles. The zero-order valence-electron chi connectivity index (χ0n) is 14.7. The molecule has 1 aliphatic carbocycles. The highest BCUT2D eigenvalue weighted by Crippen LogP contribution is 2.53. The molecule has 0 N–H and O–H groups in total. The van der Waals surface area contributed by atoms with E-state index in [4.69, 9.17) is 0 Å². The summed E-state index contributed by atoms with van der Waals surface area (Å²) in [4.78, 5) is 26.4. The Morgan fingerprint density at radius 1 is 0.857 bits per heavy atom. The number of amides is 2. The number of fused-ring (bicyclic) bond motifs is 1. The molecular weight excluding hydrogens is 262 g/mol. The van der Waals surface area contributed by atoms with E-state index in [9.17, 15) is 9.59 Å². The van der Waals surface area contributed by atoms with Crippen LogP contribution in [0.5, 0.6) is 0 Å². The third kappa shape index (κ3) is 3.32. The van der Waals surface area contributed by atoms with Crippen LogP contribution in [0.3, 0.4) is 0 Å². The summed E-state index contributed by atoms with van der Waals surface area (Å²) in [5, 5.41) is 0. The van der Waals surface area contributed by atoms with E-state index in [1.54, 1.807) is 7.05 Å². The first-order valence-electron chi connectivity index (χ1n) is 8.22. The van der Waals surface area contributed by atoms with Crippen LogP contribution < -0.4 is 0 Å². The van der Waals surface area contributed by atoms with Crippen LogP contribution in [0.15, 0.2) is 0 Å². The molecule has 0 aromatic heterocycles. The molecule has 3 heteroatoms. The lowest BCUT2D eigenvalue weighted by molar-refractivity contribution is -0.139. The molecule has 0 spiro atoms. The summed E-state index contributed by atoms with van der Waals surface area (Å²) < 4.78 is 0. The summed E-state index contributed by atoms with van der Waals surface area (Å²) >= 11 is 0. The third-order valence-corrected chi connectivity index (χ3v) is 4.99. The van der Waals surface area contributed by atoms with Gasteiger partial charge in [-0.3, -0.25) is 14.5 Å². The van der Waals surface area contributed by atoms with Crippen LogP contribution in [-0.2, 0) is 9.59 Å². The Hall–Kier alpha value is -0.860. The SMILES string of the molecule is CN1C(=O)C2C(CC(C)(C)C)CC(CC(C)(C)C)C2C1=O. The summed E-state index contributed by atoms with van der Waals surface area (Å²) in [5.74, 6) is 0.738. The molecule has 1 saturated heterocycles. The minimum Gasteiger partial charge on any atom is -0.285 e. The van der Waals surface area contributed by atoms with Crippen molar-refractivity contribution in [2.75, 3.05) is 7.05 Å². The van der Waals surface area contributed by atoms with Gasteiger partial charge in [-0.15, -0.1) is 0 Å². The highest BCUT2D eigenvalue weighted by Gasteiger charge is 2.57. The highest BCUT2D eigenvalue weighted by molar-refractivity contribution is 6.05. The van der Waals surface area contributed by atoms with Gasteiger partial charge in [0.15, 0.2) is 0 Å². The fourth-order valence-electron chi connectivity index (χ4n) is 4.53. The normalized spacial score (nSPS) is 33.8. The largest absolute Gasteiger partial charge is 0.285 e. The number of imide groups is 1. The van der Waals surface area contributed by atoms with Gasteiger partial charge in [0.05, 0.1) is 11.8 Å². The van der Waals surface area contributed by atoms with Gasteiger partial charge in [0.2, 0.25) is 11.8 Å². The van der Waals surface area contributed by atoms with Crippen LogP contribution in [0.25, 0.3) is 0 Å². The first-order valence-corrected chi connectivity index (χ1v) is 8.22. The smallest absolute Gasteiger partial charge is 0.233 e. The molecule has 3 nitrogen and oxygen atoms in total. The highest BCUT2D eigenvalue weighted by atomic mass is 16.2. The van der Waals surface area contributed by atoms with E-state index in [1.165, 1.54) is 4.90 Å². The minimum atomic E-state index is -0.0610. The van der Waals surface area contributed by atoms with Crippen molar-refractivity contribution < 1.29 is 9.59 Å². The van der Waals surface area contributed by atoms with Crippen molar-refractivity contribution >= 4 is 11.8 Å². The van der Waals surface area contributed by atoms with E-state index in [2.05, 4.69) is 41.5 Å². The summed E-state index contributed by atoms with van der Waals surface area (Å²) in [5.41, 5.74) is 0.409.